The van der Waals surface area contributed by atoms with Gasteiger partial charge in [-0.25, -0.2) is 0 Å². The highest BCUT2D eigenvalue weighted by molar-refractivity contribution is 5.92. The van der Waals surface area contributed by atoms with Gasteiger partial charge in [-0.3, -0.25) is 24.2 Å². The van der Waals surface area contributed by atoms with Gasteiger partial charge in [0.05, 0.1) is 12.6 Å². The summed E-state index contributed by atoms with van der Waals surface area (Å²) in [6.07, 6.45) is 1.26. The van der Waals surface area contributed by atoms with Gasteiger partial charge < -0.3 is 38.3 Å². The second kappa shape index (κ2) is 13.3. The molecule has 0 aromatic carbocycles. The van der Waals surface area contributed by atoms with Crippen molar-refractivity contribution < 1.29 is 24.3 Å². The molecule has 3 amide bonds. The monoisotopic (exact) mass is 401 g/mol. The van der Waals surface area contributed by atoms with Gasteiger partial charge in [0, 0.05) is 6.54 Å². The lowest BCUT2D eigenvalue weighted by molar-refractivity contribution is -0.138. The van der Waals surface area contributed by atoms with Crippen LogP contribution in [0.5, 0.6) is 0 Å². The fourth-order valence-electron chi connectivity index (χ4n) is 2.10. The van der Waals surface area contributed by atoms with E-state index in [0.29, 0.717) is 12.8 Å². The summed E-state index contributed by atoms with van der Waals surface area (Å²) >= 11 is 0. The summed E-state index contributed by atoms with van der Waals surface area (Å²) in [4.78, 5) is 50.5. The third kappa shape index (κ3) is 11.0. The van der Waals surface area contributed by atoms with Crippen LogP contribution in [0.4, 0.5) is 0 Å². The van der Waals surface area contributed by atoms with Gasteiger partial charge in [-0.15, -0.1) is 0 Å². The molecule has 0 aliphatic carbocycles. The van der Waals surface area contributed by atoms with Crippen molar-refractivity contribution in [2.75, 3.05) is 19.6 Å². The first kappa shape index (κ1) is 25.1. The van der Waals surface area contributed by atoms with Crippen LogP contribution in [0.1, 0.15) is 33.1 Å². The van der Waals surface area contributed by atoms with Crippen molar-refractivity contribution in [2.24, 2.45) is 28.1 Å². The zero-order chi connectivity index (χ0) is 21.7. The number of carboxylic acid groups (broad SMARTS) is 1. The molecule has 12 heteroatoms. The molecule has 0 aliphatic heterocycles. The highest BCUT2D eigenvalue weighted by Crippen LogP contribution is 2.04. The Kier molecular flexibility index (Phi) is 11.9. The highest BCUT2D eigenvalue weighted by atomic mass is 16.4. The molecule has 0 heterocycles. The summed E-state index contributed by atoms with van der Waals surface area (Å²) in [6.45, 7) is 3.01. The third-order valence-electron chi connectivity index (χ3n) is 3.99. The molecule has 160 valence electrons. The number of nitrogens with zero attached hydrogens (tertiary/aromatic N) is 1. The Morgan fingerprint density at radius 3 is 2.21 bits per heavy atom. The Hall–Kier alpha value is -2.89. The maximum Gasteiger partial charge on any atom is 0.322 e. The Balaban J connectivity index is 4.70. The van der Waals surface area contributed by atoms with Crippen LogP contribution in [0.2, 0.25) is 0 Å². The van der Waals surface area contributed by atoms with Crippen molar-refractivity contribution >= 4 is 29.7 Å². The summed E-state index contributed by atoms with van der Waals surface area (Å²) in [5.41, 5.74) is 16.2. The number of guanidine groups is 1. The number of carbonyl (C=O) groups excluding carboxylic acids is 3. The van der Waals surface area contributed by atoms with Crippen LogP contribution >= 0.6 is 0 Å². The van der Waals surface area contributed by atoms with E-state index in [1.165, 1.54) is 0 Å². The van der Waals surface area contributed by atoms with Crippen molar-refractivity contribution in [1.82, 2.24) is 16.0 Å². The maximum absolute atomic E-state index is 12.1. The molecule has 28 heavy (non-hydrogen) atoms. The lowest BCUT2D eigenvalue weighted by Gasteiger charge is -2.20. The standard InChI is InChI=1S/C16H31N7O5/c1-3-9(2)13(17)15(28)21-7-11(24)23-10(5-4-6-20-16(18)19)14(27)22-8-12(25)26/h9-10,13H,3-8,17H2,1-2H3,(H,21,28)(H,22,27)(H,23,24)(H,25,26)(H4,18,19,20). The Bertz CT molecular complexity index is 578. The molecule has 0 aromatic rings. The van der Waals surface area contributed by atoms with Crippen LogP contribution in [0.25, 0.3) is 0 Å². The molecule has 0 radical (unpaired) electrons. The fourth-order valence-corrected chi connectivity index (χ4v) is 2.10. The number of nitrogens with one attached hydrogen (secondary N) is 3. The highest BCUT2D eigenvalue weighted by Gasteiger charge is 2.23. The number of hydrogen-bond acceptors (Lipinski definition) is 6. The zero-order valence-electron chi connectivity index (χ0n) is 16.2. The number of rotatable bonds is 13. The molecule has 0 rings (SSSR count). The van der Waals surface area contributed by atoms with Gasteiger partial charge in [-0.05, 0) is 18.8 Å². The van der Waals surface area contributed by atoms with Gasteiger partial charge in [-0.2, -0.15) is 0 Å². The molecule has 0 aliphatic rings. The number of aliphatic carboxylic acids is 1. The van der Waals surface area contributed by atoms with E-state index >= 15 is 0 Å². The fraction of sp³-hybridized carbons (Fsp3) is 0.688. The van der Waals surface area contributed by atoms with E-state index in [2.05, 4.69) is 20.9 Å². The van der Waals surface area contributed by atoms with Gasteiger partial charge >= 0.3 is 5.97 Å². The van der Waals surface area contributed by atoms with Crippen molar-refractivity contribution in [2.45, 2.75) is 45.2 Å². The van der Waals surface area contributed by atoms with Gasteiger partial charge in [0.1, 0.15) is 12.6 Å². The lowest BCUT2D eigenvalue weighted by Crippen LogP contribution is -2.52. The molecule has 3 unspecified atom stereocenters. The number of carboxylic acids is 1. The van der Waals surface area contributed by atoms with E-state index in [4.69, 9.17) is 22.3 Å². The molecule has 0 saturated heterocycles. The van der Waals surface area contributed by atoms with Crippen molar-refractivity contribution in [3.8, 4) is 0 Å². The smallest absolute Gasteiger partial charge is 0.322 e. The van der Waals surface area contributed by atoms with Crippen LogP contribution in [0.15, 0.2) is 4.99 Å². The molecule has 10 N–H and O–H groups in total. The van der Waals surface area contributed by atoms with E-state index in [1.807, 2.05) is 13.8 Å². The van der Waals surface area contributed by atoms with E-state index in [1.54, 1.807) is 0 Å². The molecule has 3 atom stereocenters. The number of amides is 3. The van der Waals surface area contributed by atoms with E-state index in [9.17, 15) is 19.2 Å². The molecule has 12 nitrogen and oxygen atoms in total. The summed E-state index contributed by atoms with van der Waals surface area (Å²) in [5.74, 6) is -3.11. The minimum Gasteiger partial charge on any atom is -0.480 e. The van der Waals surface area contributed by atoms with Crippen LogP contribution in [-0.4, -0.2) is 66.5 Å². The molecule has 0 aromatic heterocycles. The zero-order valence-corrected chi connectivity index (χ0v) is 16.2. The lowest BCUT2D eigenvalue weighted by atomic mass is 9.99. The third-order valence-corrected chi connectivity index (χ3v) is 3.99. The summed E-state index contributed by atoms with van der Waals surface area (Å²) in [6, 6.07) is -1.74. The molecular formula is C16H31N7O5. The SMILES string of the molecule is CCC(C)C(N)C(=O)NCC(=O)NC(CCCN=C(N)N)C(=O)NCC(=O)O. The quantitative estimate of drug-likeness (QED) is 0.0970. The molecule has 0 spiro atoms. The molecule has 0 saturated carbocycles. The summed E-state index contributed by atoms with van der Waals surface area (Å²) < 4.78 is 0. The number of nitrogens with two attached hydrogens (primary N) is 3. The Morgan fingerprint density at radius 1 is 1.07 bits per heavy atom. The van der Waals surface area contributed by atoms with Crippen molar-refractivity contribution in [3.63, 3.8) is 0 Å². The molecule has 0 bridgehead atoms. The minimum absolute atomic E-state index is 0.0480. The van der Waals surface area contributed by atoms with Crippen LogP contribution < -0.4 is 33.2 Å². The largest absolute Gasteiger partial charge is 0.480 e. The predicted molar refractivity (Wildman–Crippen MR) is 103 cm³/mol. The second-order valence-corrected chi connectivity index (χ2v) is 6.31. The normalized spacial score (nSPS) is 13.5. The Morgan fingerprint density at radius 2 is 1.68 bits per heavy atom. The first-order chi connectivity index (χ1) is 13.1. The topological polar surface area (TPSA) is 215 Å². The van der Waals surface area contributed by atoms with Crippen LogP contribution in [0.3, 0.4) is 0 Å². The number of aliphatic imine (C=N–C) groups is 1. The van der Waals surface area contributed by atoms with Crippen molar-refractivity contribution in [3.05, 3.63) is 0 Å². The second-order valence-electron chi connectivity index (χ2n) is 6.31. The molecule has 0 fully saturated rings. The Labute approximate surface area is 163 Å². The van der Waals surface area contributed by atoms with Crippen molar-refractivity contribution in [1.29, 1.82) is 0 Å². The predicted octanol–water partition coefficient (Wildman–Crippen LogP) is -2.78. The summed E-state index contributed by atoms with van der Waals surface area (Å²) in [7, 11) is 0. The first-order valence-electron chi connectivity index (χ1n) is 8.96. The first-order valence-corrected chi connectivity index (χ1v) is 8.96. The van der Waals surface area contributed by atoms with Gasteiger partial charge in [0.15, 0.2) is 5.96 Å². The van der Waals surface area contributed by atoms with E-state index < -0.39 is 42.3 Å². The van der Waals surface area contributed by atoms with Crippen LogP contribution in [-0.2, 0) is 19.2 Å². The van der Waals surface area contributed by atoms with Gasteiger partial charge in [-0.1, -0.05) is 20.3 Å². The number of hydrogen-bond donors (Lipinski definition) is 7. The maximum atomic E-state index is 12.1. The number of carbonyl (C=O) groups is 4. The van der Waals surface area contributed by atoms with Gasteiger partial charge in [0.2, 0.25) is 17.7 Å². The average Bonchev–Trinajstić information content (AvgIpc) is 2.64. The average molecular weight is 401 g/mol. The molecular weight excluding hydrogens is 370 g/mol. The van der Waals surface area contributed by atoms with E-state index in [0.717, 1.165) is 0 Å². The van der Waals surface area contributed by atoms with Crippen LogP contribution in [0, 0.1) is 5.92 Å². The van der Waals surface area contributed by atoms with E-state index in [-0.39, 0.29) is 31.4 Å². The van der Waals surface area contributed by atoms with Gasteiger partial charge in [0.25, 0.3) is 0 Å². The summed E-state index contributed by atoms with van der Waals surface area (Å²) in [5, 5.41) is 15.7. The minimum atomic E-state index is -1.22.